The third-order valence-corrected chi connectivity index (χ3v) is 8.00. The van der Waals surface area contributed by atoms with Gasteiger partial charge in [0.2, 0.25) is 5.91 Å². The predicted octanol–water partition coefficient (Wildman–Crippen LogP) is 4.88. The largest absolute Gasteiger partial charge is 0.493 e. The van der Waals surface area contributed by atoms with E-state index in [0.717, 1.165) is 22.1 Å². The summed E-state index contributed by atoms with van der Waals surface area (Å²) in [6, 6.07) is 13.7. The molecule has 9 heteroatoms. The van der Waals surface area contributed by atoms with Crippen molar-refractivity contribution in [3.8, 4) is 11.5 Å². The van der Waals surface area contributed by atoms with Crippen LogP contribution in [0.1, 0.15) is 25.8 Å². The van der Waals surface area contributed by atoms with Crippen LogP contribution in [0.3, 0.4) is 0 Å². The van der Waals surface area contributed by atoms with Gasteiger partial charge in [-0.25, -0.2) is 4.98 Å². The first-order chi connectivity index (χ1) is 16.9. The molecule has 35 heavy (non-hydrogen) atoms. The molecule has 1 amide bonds. The van der Waals surface area contributed by atoms with Gasteiger partial charge in [-0.1, -0.05) is 43.0 Å². The number of aromatic nitrogens is 2. The first-order valence-corrected chi connectivity index (χ1v) is 13.3. The van der Waals surface area contributed by atoms with Gasteiger partial charge in [0.25, 0.3) is 5.56 Å². The molecule has 0 spiro atoms. The number of carbonyl (C=O) groups is 1. The maximum absolute atomic E-state index is 13.6. The van der Waals surface area contributed by atoms with Gasteiger partial charge < -0.3 is 14.8 Å². The lowest BCUT2D eigenvalue weighted by molar-refractivity contribution is -0.119. The van der Waals surface area contributed by atoms with Gasteiger partial charge in [0.1, 0.15) is 4.70 Å². The minimum Gasteiger partial charge on any atom is -0.493 e. The number of amides is 1. The van der Waals surface area contributed by atoms with Crippen LogP contribution in [0.5, 0.6) is 11.5 Å². The molecule has 1 unspecified atom stereocenters. The quantitative estimate of drug-likeness (QED) is 0.241. The summed E-state index contributed by atoms with van der Waals surface area (Å²) >= 11 is 2.76. The Morgan fingerprint density at radius 2 is 1.94 bits per heavy atom. The number of hydrogen-bond donors (Lipinski definition) is 1. The summed E-state index contributed by atoms with van der Waals surface area (Å²) in [5.41, 5.74) is 1.63. The predicted molar refractivity (Wildman–Crippen MR) is 143 cm³/mol. The van der Waals surface area contributed by atoms with Crippen molar-refractivity contribution in [2.45, 2.75) is 44.4 Å². The van der Waals surface area contributed by atoms with Crippen molar-refractivity contribution in [3.63, 3.8) is 0 Å². The molecule has 2 aromatic heterocycles. The number of ether oxygens (including phenoxy) is 2. The summed E-state index contributed by atoms with van der Waals surface area (Å²) in [5.74, 6) is 1.43. The Labute approximate surface area is 212 Å². The van der Waals surface area contributed by atoms with E-state index in [4.69, 9.17) is 14.5 Å². The number of rotatable bonds is 10. The molecule has 0 bridgehead atoms. The van der Waals surface area contributed by atoms with Crippen molar-refractivity contribution in [1.82, 2.24) is 14.9 Å². The maximum atomic E-state index is 13.6. The molecule has 2 aromatic carbocycles. The molecule has 0 aliphatic rings. The molecule has 4 aromatic rings. The van der Waals surface area contributed by atoms with Crippen LogP contribution in [0.15, 0.2) is 52.4 Å². The highest BCUT2D eigenvalue weighted by Crippen LogP contribution is 2.32. The molecular weight excluding hydrogens is 482 g/mol. The van der Waals surface area contributed by atoms with Crippen LogP contribution in [0.4, 0.5) is 0 Å². The van der Waals surface area contributed by atoms with Gasteiger partial charge in [0.15, 0.2) is 16.7 Å². The standard InChI is InChI=1S/C26H29N3O4S2/c1-5-16(2)27-22(30)15-34-26-28-23-18-8-6-7-9-21(18)35-24(23)25(31)29(26)13-12-17-10-11-19(32-3)20(14-17)33-4/h6-11,14,16H,5,12-13,15H2,1-4H3,(H,27,30). The first kappa shape index (κ1) is 25.1. The average molecular weight is 512 g/mol. The number of thioether (sulfide) groups is 1. The maximum Gasteiger partial charge on any atom is 0.272 e. The van der Waals surface area contributed by atoms with Crippen LogP contribution in [0.2, 0.25) is 0 Å². The van der Waals surface area contributed by atoms with Gasteiger partial charge in [-0.05, 0) is 43.5 Å². The van der Waals surface area contributed by atoms with Crippen molar-refractivity contribution in [2.24, 2.45) is 0 Å². The van der Waals surface area contributed by atoms with E-state index >= 15 is 0 Å². The second kappa shape index (κ2) is 11.1. The SMILES string of the molecule is CCC(C)NC(=O)CSc1nc2c(sc3ccccc32)c(=O)n1CCc1ccc(OC)c(OC)c1. The number of hydrogen-bond acceptors (Lipinski definition) is 7. The Morgan fingerprint density at radius 1 is 1.17 bits per heavy atom. The van der Waals surface area contributed by atoms with Crippen LogP contribution in [-0.4, -0.2) is 41.5 Å². The van der Waals surface area contributed by atoms with Gasteiger partial charge in [-0.3, -0.25) is 14.2 Å². The third kappa shape index (κ3) is 5.46. The van der Waals surface area contributed by atoms with Gasteiger partial charge in [0, 0.05) is 22.7 Å². The fraction of sp³-hybridized carbons (Fsp3) is 0.346. The number of fused-ring (bicyclic) bond motifs is 3. The smallest absolute Gasteiger partial charge is 0.272 e. The lowest BCUT2D eigenvalue weighted by Gasteiger charge is -2.14. The second-order valence-corrected chi connectivity index (χ2v) is 10.2. The number of thiophene rings is 1. The number of nitrogens with one attached hydrogen (secondary N) is 1. The van der Waals surface area contributed by atoms with Crippen molar-refractivity contribution >= 4 is 49.3 Å². The molecule has 0 aliphatic carbocycles. The van der Waals surface area contributed by atoms with Crippen LogP contribution < -0.4 is 20.3 Å². The highest BCUT2D eigenvalue weighted by Gasteiger charge is 2.18. The minimum absolute atomic E-state index is 0.0692. The van der Waals surface area contributed by atoms with Crippen molar-refractivity contribution in [3.05, 3.63) is 58.4 Å². The lowest BCUT2D eigenvalue weighted by Crippen LogP contribution is -2.33. The van der Waals surface area contributed by atoms with Gasteiger partial charge >= 0.3 is 0 Å². The molecule has 0 saturated carbocycles. The zero-order valence-corrected chi connectivity index (χ0v) is 21.9. The molecule has 4 rings (SSSR count). The Kier molecular flexibility index (Phi) is 7.97. The highest BCUT2D eigenvalue weighted by atomic mass is 32.2. The minimum atomic E-state index is -0.0819. The molecule has 0 saturated heterocycles. The summed E-state index contributed by atoms with van der Waals surface area (Å²) in [5, 5.41) is 4.49. The number of nitrogens with zero attached hydrogens (tertiary/aromatic N) is 2. The highest BCUT2D eigenvalue weighted by molar-refractivity contribution is 7.99. The van der Waals surface area contributed by atoms with E-state index < -0.39 is 0 Å². The molecule has 0 aliphatic heterocycles. The van der Waals surface area contributed by atoms with E-state index in [1.807, 2.05) is 56.3 Å². The van der Waals surface area contributed by atoms with E-state index in [9.17, 15) is 9.59 Å². The average Bonchev–Trinajstić information content (AvgIpc) is 3.25. The summed E-state index contributed by atoms with van der Waals surface area (Å²) in [6.45, 7) is 4.44. The molecule has 2 heterocycles. The molecule has 0 fully saturated rings. The summed E-state index contributed by atoms with van der Waals surface area (Å²) in [6.07, 6.45) is 1.46. The topological polar surface area (TPSA) is 82.5 Å². The molecule has 1 atom stereocenters. The zero-order valence-electron chi connectivity index (χ0n) is 20.3. The Bertz CT molecular complexity index is 1410. The Morgan fingerprint density at radius 3 is 2.69 bits per heavy atom. The first-order valence-electron chi connectivity index (χ1n) is 11.5. The number of methoxy groups -OCH3 is 2. The Hall–Kier alpha value is -3.04. The molecule has 7 nitrogen and oxygen atoms in total. The number of aryl methyl sites for hydroxylation is 1. The number of carbonyl (C=O) groups excluding carboxylic acids is 1. The summed E-state index contributed by atoms with van der Waals surface area (Å²) in [4.78, 5) is 30.9. The van der Waals surface area contributed by atoms with E-state index in [1.54, 1.807) is 18.8 Å². The van der Waals surface area contributed by atoms with Crippen molar-refractivity contribution in [2.75, 3.05) is 20.0 Å². The van der Waals surface area contributed by atoms with Crippen LogP contribution in [-0.2, 0) is 17.8 Å². The number of benzene rings is 2. The van der Waals surface area contributed by atoms with E-state index in [2.05, 4.69) is 5.32 Å². The zero-order chi connectivity index (χ0) is 24.9. The summed E-state index contributed by atoms with van der Waals surface area (Å²) in [7, 11) is 3.20. The summed E-state index contributed by atoms with van der Waals surface area (Å²) < 4.78 is 14.1. The fourth-order valence-electron chi connectivity index (χ4n) is 3.79. The third-order valence-electron chi connectivity index (χ3n) is 5.87. The van der Waals surface area contributed by atoms with E-state index in [-0.39, 0.29) is 23.3 Å². The monoisotopic (exact) mass is 511 g/mol. The molecule has 1 N–H and O–H groups in total. The fourth-order valence-corrected chi connectivity index (χ4v) is 5.71. The second-order valence-electron chi connectivity index (χ2n) is 8.23. The van der Waals surface area contributed by atoms with Gasteiger partial charge in [0.05, 0.1) is 25.5 Å². The lowest BCUT2D eigenvalue weighted by atomic mass is 10.1. The van der Waals surface area contributed by atoms with E-state index in [0.29, 0.717) is 39.8 Å². The molecule has 0 radical (unpaired) electrons. The van der Waals surface area contributed by atoms with Crippen molar-refractivity contribution < 1.29 is 14.3 Å². The van der Waals surface area contributed by atoms with Gasteiger partial charge in [-0.2, -0.15) is 0 Å². The van der Waals surface area contributed by atoms with E-state index in [1.165, 1.54) is 23.1 Å². The Balaban J connectivity index is 1.69. The normalized spacial score (nSPS) is 12.1. The molecule has 184 valence electrons. The van der Waals surface area contributed by atoms with Crippen LogP contribution in [0.25, 0.3) is 20.3 Å². The van der Waals surface area contributed by atoms with Crippen molar-refractivity contribution in [1.29, 1.82) is 0 Å². The van der Waals surface area contributed by atoms with Crippen LogP contribution >= 0.6 is 23.1 Å². The van der Waals surface area contributed by atoms with Gasteiger partial charge in [-0.15, -0.1) is 11.3 Å². The van der Waals surface area contributed by atoms with Crippen LogP contribution in [0, 0.1) is 0 Å². The molecular formula is C26H29N3O4S2.